The molecule has 1 atom stereocenters. The number of nitrogens with zero attached hydrogens (tertiary/aromatic N) is 1. The third-order valence-electron chi connectivity index (χ3n) is 2.21. The number of anilines is 1. The smallest absolute Gasteiger partial charge is 0.244 e. The number of aromatic nitrogens is 1. The number of rotatable bonds is 7. The van der Waals surface area contributed by atoms with E-state index in [0.717, 1.165) is 0 Å². The molecule has 102 valence electrons. The van der Waals surface area contributed by atoms with Crippen molar-refractivity contribution < 1.29 is 13.2 Å². The van der Waals surface area contributed by atoms with E-state index in [1.54, 1.807) is 19.2 Å². The quantitative estimate of drug-likeness (QED) is 0.769. The first-order chi connectivity index (χ1) is 8.51. The van der Waals surface area contributed by atoms with E-state index < -0.39 is 10.0 Å². The number of methoxy groups -OCH3 is 1. The summed E-state index contributed by atoms with van der Waals surface area (Å²) in [7, 11) is -2.06. The molecular formula is C11H19N3O3S. The number of sulfonamides is 1. The molecule has 0 bridgehead atoms. The van der Waals surface area contributed by atoms with Gasteiger partial charge >= 0.3 is 0 Å². The van der Waals surface area contributed by atoms with Crippen molar-refractivity contribution in [3.05, 3.63) is 18.5 Å². The molecule has 0 aliphatic rings. The molecule has 1 aromatic heterocycles. The molecule has 2 N–H and O–H groups in total. The molecule has 0 radical (unpaired) electrons. The number of hydrogen-bond acceptors (Lipinski definition) is 5. The fraction of sp³-hybridized carbons (Fsp3) is 0.545. The standard InChI is InChI=1S/C11H19N3O3S/c1-4-13-10-5-6-12-7-11(10)18(15,16)14-9(2)8-17-3/h5-7,9,14H,4,8H2,1-3H3,(H,12,13). The van der Waals surface area contributed by atoms with Crippen LogP contribution in [0.25, 0.3) is 0 Å². The number of pyridine rings is 1. The van der Waals surface area contributed by atoms with Crippen LogP contribution in [-0.2, 0) is 14.8 Å². The number of ether oxygens (including phenoxy) is 1. The fourth-order valence-electron chi connectivity index (χ4n) is 1.54. The van der Waals surface area contributed by atoms with Gasteiger partial charge in [0.2, 0.25) is 10.0 Å². The SMILES string of the molecule is CCNc1ccncc1S(=O)(=O)NC(C)COC. The highest BCUT2D eigenvalue weighted by atomic mass is 32.2. The second kappa shape index (κ2) is 6.67. The van der Waals surface area contributed by atoms with Crippen molar-refractivity contribution in [3.63, 3.8) is 0 Å². The molecule has 1 heterocycles. The summed E-state index contributed by atoms with van der Waals surface area (Å²) in [5.74, 6) is 0. The van der Waals surface area contributed by atoms with Gasteiger partial charge in [-0.1, -0.05) is 0 Å². The van der Waals surface area contributed by atoms with Crippen LogP contribution in [-0.4, -0.2) is 39.7 Å². The summed E-state index contributed by atoms with van der Waals surface area (Å²) in [6, 6.07) is 1.34. The Labute approximate surface area is 108 Å². The van der Waals surface area contributed by atoms with Crippen molar-refractivity contribution in [2.75, 3.05) is 25.6 Å². The van der Waals surface area contributed by atoms with Gasteiger partial charge in [0.15, 0.2) is 0 Å². The maximum Gasteiger partial charge on any atom is 0.244 e. The molecule has 0 fully saturated rings. The molecule has 7 heteroatoms. The molecule has 0 aliphatic carbocycles. The van der Waals surface area contributed by atoms with E-state index in [1.165, 1.54) is 13.3 Å². The molecule has 0 saturated heterocycles. The van der Waals surface area contributed by atoms with Crippen LogP contribution in [0.2, 0.25) is 0 Å². The summed E-state index contributed by atoms with van der Waals surface area (Å²) in [5.41, 5.74) is 0.546. The minimum absolute atomic E-state index is 0.148. The number of hydrogen-bond donors (Lipinski definition) is 2. The highest BCUT2D eigenvalue weighted by Gasteiger charge is 2.20. The Morgan fingerprint density at radius 3 is 2.83 bits per heavy atom. The Bertz CT molecular complexity index is 476. The Balaban J connectivity index is 2.97. The monoisotopic (exact) mass is 273 g/mol. The minimum Gasteiger partial charge on any atom is -0.384 e. The maximum absolute atomic E-state index is 12.2. The van der Waals surface area contributed by atoms with Gasteiger partial charge in [-0.2, -0.15) is 0 Å². The van der Waals surface area contributed by atoms with E-state index in [0.29, 0.717) is 18.8 Å². The predicted molar refractivity (Wildman–Crippen MR) is 70.1 cm³/mol. The summed E-state index contributed by atoms with van der Waals surface area (Å²) < 4.78 is 31.8. The van der Waals surface area contributed by atoms with Crippen LogP contribution in [0.3, 0.4) is 0 Å². The van der Waals surface area contributed by atoms with Gasteiger partial charge in [0.25, 0.3) is 0 Å². The molecule has 1 unspecified atom stereocenters. The molecule has 0 amide bonds. The molecule has 0 aromatic carbocycles. The minimum atomic E-state index is -3.59. The lowest BCUT2D eigenvalue weighted by Crippen LogP contribution is -2.36. The first kappa shape index (κ1) is 14.9. The molecule has 1 aromatic rings. The van der Waals surface area contributed by atoms with Crippen molar-refractivity contribution in [2.24, 2.45) is 0 Å². The Kier molecular flexibility index (Phi) is 5.52. The largest absolute Gasteiger partial charge is 0.384 e. The third-order valence-corrected chi connectivity index (χ3v) is 3.83. The Hall–Kier alpha value is -1.18. The molecular weight excluding hydrogens is 254 g/mol. The van der Waals surface area contributed by atoms with Gasteiger partial charge in [-0.25, -0.2) is 13.1 Å². The van der Waals surface area contributed by atoms with E-state index in [2.05, 4.69) is 15.0 Å². The van der Waals surface area contributed by atoms with Crippen molar-refractivity contribution in [1.29, 1.82) is 0 Å². The van der Waals surface area contributed by atoms with E-state index in [9.17, 15) is 8.42 Å². The summed E-state index contributed by atoms with van der Waals surface area (Å²) in [5, 5.41) is 3.00. The van der Waals surface area contributed by atoms with Gasteiger partial charge in [0.05, 0.1) is 12.3 Å². The zero-order valence-corrected chi connectivity index (χ0v) is 11.6. The second-order valence-corrected chi connectivity index (χ2v) is 5.56. The van der Waals surface area contributed by atoms with Gasteiger partial charge in [-0.3, -0.25) is 4.98 Å². The second-order valence-electron chi connectivity index (χ2n) is 3.88. The molecule has 6 nitrogen and oxygen atoms in total. The van der Waals surface area contributed by atoms with Crippen molar-refractivity contribution in [2.45, 2.75) is 24.8 Å². The van der Waals surface area contributed by atoms with E-state index >= 15 is 0 Å². The van der Waals surface area contributed by atoms with Gasteiger partial charge in [0.1, 0.15) is 4.90 Å². The van der Waals surface area contributed by atoms with Crippen LogP contribution in [0.4, 0.5) is 5.69 Å². The van der Waals surface area contributed by atoms with Crippen LogP contribution in [0.1, 0.15) is 13.8 Å². The predicted octanol–water partition coefficient (Wildman–Crippen LogP) is 0.827. The average Bonchev–Trinajstić information content (AvgIpc) is 2.29. The Morgan fingerprint density at radius 2 is 2.22 bits per heavy atom. The highest BCUT2D eigenvalue weighted by molar-refractivity contribution is 7.89. The average molecular weight is 273 g/mol. The fourth-order valence-corrected chi connectivity index (χ4v) is 2.90. The van der Waals surface area contributed by atoms with E-state index in [-0.39, 0.29) is 10.9 Å². The van der Waals surface area contributed by atoms with Crippen LogP contribution >= 0.6 is 0 Å². The molecule has 0 spiro atoms. The molecule has 1 rings (SSSR count). The zero-order chi connectivity index (χ0) is 13.6. The Morgan fingerprint density at radius 1 is 1.50 bits per heavy atom. The lowest BCUT2D eigenvalue weighted by molar-refractivity contribution is 0.180. The van der Waals surface area contributed by atoms with Crippen LogP contribution in [0.5, 0.6) is 0 Å². The van der Waals surface area contributed by atoms with Crippen molar-refractivity contribution >= 4 is 15.7 Å². The summed E-state index contributed by atoms with van der Waals surface area (Å²) in [4.78, 5) is 4.00. The number of nitrogens with one attached hydrogen (secondary N) is 2. The topological polar surface area (TPSA) is 80.3 Å². The normalized spacial score (nSPS) is 13.3. The lowest BCUT2D eigenvalue weighted by Gasteiger charge is -2.15. The van der Waals surface area contributed by atoms with Gasteiger partial charge in [0, 0.05) is 32.1 Å². The zero-order valence-electron chi connectivity index (χ0n) is 10.8. The van der Waals surface area contributed by atoms with Crippen LogP contribution < -0.4 is 10.0 Å². The molecule has 0 aliphatic heterocycles. The van der Waals surface area contributed by atoms with Crippen LogP contribution in [0.15, 0.2) is 23.4 Å². The summed E-state index contributed by atoms with van der Waals surface area (Å²) in [6.45, 7) is 4.60. The summed E-state index contributed by atoms with van der Waals surface area (Å²) >= 11 is 0. The molecule has 18 heavy (non-hydrogen) atoms. The summed E-state index contributed by atoms with van der Waals surface area (Å²) in [6.07, 6.45) is 2.88. The van der Waals surface area contributed by atoms with E-state index in [1.807, 2.05) is 6.92 Å². The lowest BCUT2D eigenvalue weighted by atomic mass is 10.4. The maximum atomic E-state index is 12.2. The van der Waals surface area contributed by atoms with Crippen molar-refractivity contribution in [1.82, 2.24) is 9.71 Å². The van der Waals surface area contributed by atoms with Gasteiger partial charge < -0.3 is 10.1 Å². The van der Waals surface area contributed by atoms with Crippen molar-refractivity contribution in [3.8, 4) is 0 Å². The highest BCUT2D eigenvalue weighted by Crippen LogP contribution is 2.19. The van der Waals surface area contributed by atoms with Gasteiger partial charge in [-0.05, 0) is 19.9 Å². The van der Waals surface area contributed by atoms with Crippen LogP contribution in [0, 0.1) is 0 Å². The van der Waals surface area contributed by atoms with E-state index in [4.69, 9.17) is 4.74 Å². The third kappa shape index (κ3) is 3.94. The van der Waals surface area contributed by atoms with Gasteiger partial charge in [-0.15, -0.1) is 0 Å². The first-order valence-electron chi connectivity index (χ1n) is 5.70. The first-order valence-corrected chi connectivity index (χ1v) is 7.18. The molecule has 0 saturated carbocycles.